The third-order valence-corrected chi connectivity index (χ3v) is 5.91. The Bertz CT molecular complexity index is 705. The Morgan fingerprint density at radius 2 is 1.81 bits per heavy atom. The maximum Gasteiger partial charge on any atom is 0.251 e. The molecule has 1 aromatic rings. The lowest BCUT2D eigenvalue weighted by molar-refractivity contribution is -0.116. The molecule has 2 amide bonds. The Balaban J connectivity index is 2.35. The maximum absolute atomic E-state index is 12.6. The smallest absolute Gasteiger partial charge is 0.251 e. The van der Waals surface area contributed by atoms with E-state index in [0.29, 0.717) is 24.4 Å². The molecule has 0 radical (unpaired) electrons. The van der Waals surface area contributed by atoms with Gasteiger partial charge in [0.2, 0.25) is 5.91 Å². The molecule has 0 saturated carbocycles. The number of aliphatic hydroxyl groups is 1. The van der Waals surface area contributed by atoms with Gasteiger partial charge in [-0.1, -0.05) is 33.1 Å². The minimum absolute atomic E-state index is 0.0483. The second-order valence-electron chi connectivity index (χ2n) is 9.07. The van der Waals surface area contributed by atoms with Crippen LogP contribution in [0, 0.1) is 5.92 Å². The van der Waals surface area contributed by atoms with Gasteiger partial charge < -0.3 is 15.3 Å². The van der Waals surface area contributed by atoms with Crippen molar-refractivity contribution in [2.24, 2.45) is 5.92 Å². The molecule has 1 aromatic carbocycles. The number of nitrogens with zero attached hydrogens (tertiary/aromatic N) is 2. The molecule has 0 fully saturated rings. The number of benzene rings is 1. The van der Waals surface area contributed by atoms with Gasteiger partial charge in [0.05, 0.1) is 0 Å². The van der Waals surface area contributed by atoms with Crippen molar-refractivity contribution in [2.75, 3.05) is 37.7 Å². The predicted octanol–water partition coefficient (Wildman–Crippen LogP) is 3.96. The quantitative estimate of drug-likeness (QED) is 0.641. The SMILES string of the molecule is CC(=O)N1CCCCCCCN(CCC(C)C)Cc2cc(C(=O)NCCCO)ccc21. The van der Waals surface area contributed by atoms with Crippen molar-refractivity contribution in [3.05, 3.63) is 29.3 Å². The number of aliphatic hydroxyl groups excluding tert-OH is 1. The van der Waals surface area contributed by atoms with E-state index in [9.17, 15) is 9.59 Å². The summed E-state index contributed by atoms with van der Waals surface area (Å²) in [4.78, 5) is 29.4. The van der Waals surface area contributed by atoms with E-state index in [0.717, 1.165) is 56.7 Å². The Morgan fingerprint density at radius 1 is 1.10 bits per heavy atom. The number of amides is 2. The van der Waals surface area contributed by atoms with Crippen molar-refractivity contribution in [3.8, 4) is 0 Å². The molecule has 1 aliphatic rings. The van der Waals surface area contributed by atoms with Crippen molar-refractivity contribution >= 4 is 17.5 Å². The number of carbonyl (C=O) groups is 2. The van der Waals surface area contributed by atoms with Crippen LogP contribution in [0.5, 0.6) is 0 Å². The standard InChI is InChI=1S/C25H41N3O3/c1-20(2)12-16-27-14-7-5-4-6-8-15-28(21(3)30)24-11-10-22(18-23(24)19-27)25(31)26-13-9-17-29/h10-11,18,20,29H,4-9,12-17,19H2,1-3H3,(H,26,31). The molecule has 0 atom stereocenters. The molecule has 0 saturated heterocycles. The fourth-order valence-electron chi connectivity index (χ4n) is 4.03. The Hall–Kier alpha value is -1.92. The van der Waals surface area contributed by atoms with Crippen LogP contribution in [0.25, 0.3) is 0 Å². The van der Waals surface area contributed by atoms with Crippen molar-refractivity contribution < 1.29 is 14.7 Å². The van der Waals surface area contributed by atoms with E-state index in [2.05, 4.69) is 24.1 Å². The average Bonchev–Trinajstić information content (AvgIpc) is 2.72. The van der Waals surface area contributed by atoms with Gasteiger partial charge in [-0.05, 0) is 68.5 Å². The summed E-state index contributed by atoms with van der Waals surface area (Å²) >= 11 is 0. The summed E-state index contributed by atoms with van der Waals surface area (Å²) in [6, 6.07) is 5.70. The lowest BCUT2D eigenvalue weighted by atomic mass is 10.0. The van der Waals surface area contributed by atoms with E-state index < -0.39 is 0 Å². The van der Waals surface area contributed by atoms with Crippen molar-refractivity contribution in [2.45, 2.75) is 72.3 Å². The number of nitrogens with one attached hydrogen (secondary N) is 1. The van der Waals surface area contributed by atoms with Gasteiger partial charge in [0.25, 0.3) is 5.91 Å². The summed E-state index contributed by atoms with van der Waals surface area (Å²) in [6.07, 6.45) is 7.42. The van der Waals surface area contributed by atoms with Gasteiger partial charge in [-0.25, -0.2) is 0 Å². The van der Waals surface area contributed by atoms with Crippen LogP contribution in [-0.4, -0.2) is 54.6 Å². The molecule has 0 spiro atoms. The number of anilines is 1. The fourth-order valence-corrected chi connectivity index (χ4v) is 4.03. The first-order valence-corrected chi connectivity index (χ1v) is 11.9. The van der Waals surface area contributed by atoms with Crippen LogP contribution in [-0.2, 0) is 11.3 Å². The summed E-state index contributed by atoms with van der Waals surface area (Å²) in [5.74, 6) is 0.552. The number of hydrogen-bond donors (Lipinski definition) is 2. The predicted molar refractivity (Wildman–Crippen MR) is 126 cm³/mol. The van der Waals surface area contributed by atoms with Crippen LogP contribution in [0.3, 0.4) is 0 Å². The highest BCUT2D eigenvalue weighted by molar-refractivity contribution is 5.97. The van der Waals surface area contributed by atoms with Crippen LogP contribution in [0.15, 0.2) is 18.2 Å². The molecule has 0 aliphatic carbocycles. The summed E-state index contributed by atoms with van der Waals surface area (Å²) in [5, 5.41) is 11.8. The van der Waals surface area contributed by atoms with E-state index in [-0.39, 0.29) is 18.4 Å². The summed E-state index contributed by atoms with van der Waals surface area (Å²) in [5.41, 5.74) is 2.57. The maximum atomic E-state index is 12.6. The van der Waals surface area contributed by atoms with Gasteiger partial charge in [-0.15, -0.1) is 0 Å². The zero-order valence-electron chi connectivity index (χ0n) is 19.7. The van der Waals surface area contributed by atoms with E-state index in [1.807, 2.05) is 23.1 Å². The molecule has 174 valence electrons. The van der Waals surface area contributed by atoms with E-state index >= 15 is 0 Å². The first-order chi connectivity index (χ1) is 14.9. The van der Waals surface area contributed by atoms with Crippen LogP contribution in [0.4, 0.5) is 5.69 Å². The van der Waals surface area contributed by atoms with Gasteiger partial charge in [-0.3, -0.25) is 14.5 Å². The number of rotatable bonds is 7. The second kappa shape index (κ2) is 13.5. The molecule has 0 bridgehead atoms. The molecule has 6 nitrogen and oxygen atoms in total. The van der Waals surface area contributed by atoms with Crippen molar-refractivity contribution in [3.63, 3.8) is 0 Å². The summed E-state index contributed by atoms with van der Waals surface area (Å²) in [6.45, 7) is 10.1. The molecular weight excluding hydrogens is 390 g/mol. The highest BCUT2D eigenvalue weighted by Gasteiger charge is 2.20. The third-order valence-electron chi connectivity index (χ3n) is 5.91. The molecule has 2 rings (SSSR count). The number of fused-ring (bicyclic) bond motifs is 1. The summed E-state index contributed by atoms with van der Waals surface area (Å²) in [7, 11) is 0. The minimum Gasteiger partial charge on any atom is -0.396 e. The van der Waals surface area contributed by atoms with Gasteiger partial charge >= 0.3 is 0 Å². The topological polar surface area (TPSA) is 72.9 Å². The monoisotopic (exact) mass is 431 g/mol. The zero-order valence-corrected chi connectivity index (χ0v) is 19.7. The van der Waals surface area contributed by atoms with E-state index in [1.165, 1.54) is 19.3 Å². The lowest BCUT2D eigenvalue weighted by Gasteiger charge is -2.29. The molecule has 6 heteroatoms. The molecule has 1 heterocycles. The Kier molecular flexibility index (Phi) is 11.0. The van der Waals surface area contributed by atoms with Crippen LogP contribution in [0.2, 0.25) is 0 Å². The first-order valence-electron chi connectivity index (χ1n) is 11.9. The summed E-state index contributed by atoms with van der Waals surface area (Å²) < 4.78 is 0. The molecule has 0 unspecified atom stereocenters. The van der Waals surface area contributed by atoms with E-state index in [1.54, 1.807) is 6.92 Å². The zero-order chi connectivity index (χ0) is 22.6. The third kappa shape index (κ3) is 8.62. The molecule has 0 aromatic heterocycles. The molecule has 31 heavy (non-hydrogen) atoms. The van der Waals surface area contributed by atoms with Gasteiger partial charge in [0, 0.05) is 44.4 Å². The Morgan fingerprint density at radius 3 is 2.48 bits per heavy atom. The number of carbonyl (C=O) groups excluding carboxylic acids is 2. The molecule has 2 N–H and O–H groups in total. The lowest BCUT2D eigenvalue weighted by Crippen LogP contribution is -2.33. The second-order valence-corrected chi connectivity index (χ2v) is 9.07. The largest absolute Gasteiger partial charge is 0.396 e. The van der Waals surface area contributed by atoms with Crippen molar-refractivity contribution in [1.82, 2.24) is 10.2 Å². The Labute approximate surface area is 188 Å². The highest BCUT2D eigenvalue weighted by Crippen LogP contribution is 2.26. The van der Waals surface area contributed by atoms with Gasteiger partial charge in [0.1, 0.15) is 0 Å². The van der Waals surface area contributed by atoms with E-state index in [4.69, 9.17) is 5.11 Å². The van der Waals surface area contributed by atoms with Crippen LogP contribution < -0.4 is 10.2 Å². The minimum atomic E-state index is -0.134. The molecule has 1 aliphatic heterocycles. The van der Waals surface area contributed by atoms with Crippen molar-refractivity contribution in [1.29, 1.82) is 0 Å². The average molecular weight is 432 g/mol. The normalized spacial score (nSPS) is 16.4. The molecular formula is C25H41N3O3. The first kappa shape index (κ1) is 25.3. The number of hydrogen-bond acceptors (Lipinski definition) is 4. The van der Waals surface area contributed by atoms with Gasteiger partial charge in [-0.2, -0.15) is 0 Å². The van der Waals surface area contributed by atoms with Crippen LogP contribution in [0.1, 0.15) is 81.6 Å². The highest BCUT2D eigenvalue weighted by atomic mass is 16.3. The van der Waals surface area contributed by atoms with Gasteiger partial charge in [0.15, 0.2) is 0 Å². The van der Waals surface area contributed by atoms with Crippen LogP contribution >= 0.6 is 0 Å². The fraction of sp³-hybridized carbons (Fsp3) is 0.680.